The number of para-hydroxylation sites is 2. The van der Waals surface area contributed by atoms with Gasteiger partial charge < -0.3 is 9.47 Å². The van der Waals surface area contributed by atoms with E-state index in [0.29, 0.717) is 12.4 Å². The van der Waals surface area contributed by atoms with Crippen molar-refractivity contribution in [2.45, 2.75) is 6.10 Å². The predicted molar refractivity (Wildman–Crippen MR) is 87.2 cm³/mol. The van der Waals surface area contributed by atoms with Crippen molar-refractivity contribution in [3.8, 4) is 22.9 Å². The lowest BCUT2D eigenvalue weighted by Gasteiger charge is -2.24. The summed E-state index contributed by atoms with van der Waals surface area (Å²) in [5, 5.41) is 13.9. The van der Waals surface area contributed by atoms with Crippen LogP contribution in [-0.2, 0) is 0 Å². The zero-order valence-corrected chi connectivity index (χ0v) is 13.2. The van der Waals surface area contributed by atoms with Gasteiger partial charge in [-0.15, -0.1) is 10.2 Å². The number of fused-ring (bicyclic) bond motifs is 2. The van der Waals surface area contributed by atoms with E-state index in [0.717, 1.165) is 27.0 Å². The number of rotatable bonds is 2. The molecule has 1 aromatic carbocycles. The summed E-state index contributed by atoms with van der Waals surface area (Å²) < 4.78 is 13.5. The molecule has 4 heterocycles. The van der Waals surface area contributed by atoms with Crippen molar-refractivity contribution in [1.82, 2.24) is 24.8 Å². The molecule has 0 aliphatic carbocycles. The van der Waals surface area contributed by atoms with E-state index < -0.39 is 0 Å². The fraction of sp³-hybridized carbons (Fsp3) is 0.125. The predicted octanol–water partition coefficient (Wildman–Crippen LogP) is 2.76. The quantitative estimate of drug-likeness (QED) is 0.560. The monoisotopic (exact) mass is 337 g/mol. The zero-order chi connectivity index (χ0) is 15.9. The first-order valence-electron chi connectivity index (χ1n) is 7.39. The molecular formula is C16H11N5O2S. The van der Waals surface area contributed by atoms with Gasteiger partial charge >= 0.3 is 0 Å². The molecule has 4 aromatic rings. The first kappa shape index (κ1) is 13.4. The Kier molecular flexibility index (Phi) is 2.95. The van der Waals surface area contributed by atoms with Gasteiger partial charge in [-0.25, -0.2) is 0 Å². The minimum Gasteiger partial charge on any atom is -0.485 e. The SMILES string of the molecule is c1ccc2c(c1)OC[C@H](c1nn3c(-c4ccncc4)nnc3s1)O2. The second-order valence-electron chi connectivity index (χ2n) is 5.26. The minimum atomic E-state index is -0.253. The van der Waals surface area contributed by atoms with Gasteiger partial charge in [0.25, 0.3) is 0 Å². The van der Waals surface area contributed by atoms with E-state index in [4.69, 9.17) is 9.47 Å². The second-order valence-corrected chi connectivity index (χ2v) is 6.25. The standard InChI is InChI=1S/C16H11N5O2S/c1-2-4-12-11(3-1)22-9-13(23-12)15-20-21-14(18-19-16(21)24-15)10-5-7-17-8-6-10/h1-8,13H,9H2/t13-/m1/s1. The summed E-state index contributed by atoms with van der Waals surface area (Å²) in [5.74, 6) is 2.18. The summed E-state index contributed by atoms with van der Waals surface area (Å²) in [6.45, 7) is 0.422. The number of nitrogens with zero attached hydrogens (tertiary/aromatic N) is 5. The van der Waals surface area contributed by atoms with Crippen LogP contribution in [0.4, 0.5) is 0 Å². The van der Waals surface area contributed by atoms with Crippen LogP contribution in [0.3, 0.4) is 0 Å². The van der Waals surface area contributed by atoms with Crippen molar-refractivity contribution < 1.29 is 9.47 Å². The van der Waals surface area contributed by atoms with Crippen molar-refractivity contribution in [2.24, 2.45) is 0 Å². The molecule has 24 heavy (non-hydrogen) atoms. The largest absolute Gasteiger partial charge is 0.485 e. The smallest absolute Gasteiger partial charge is 0.235 e. The van der Waals surface area contributed by atoms with Crippen molar-refractivity contribution in [2.75, 3.05) is 6.61 Å². The highest BCUT2D eigenvalue weighted by molar-refractivity contribution is 7.16. The molecule has 118 valence electrons. The highest BCUT2D eigenvalue weighted by Gasteiger charge is 2.26. The Hall–Kier alpha value is -3.00. The molecule has 0 amide bonds. The Bertz CT molecular complexity index is 1010. The summed E-state index contributed by atoms with van der Waals surface area (Å²) in [6, 6.07) is 11.4. The van der Waals surface area contributed by atoms with E-state index in [2.05, 4.69) is 20.3 Å². The lowest BCUT2D eigenvalue weighted by molar-refractivity contribution is 0.0904. The van der Waals surface area contributed by atoms with Gasteiger partial charge in [-0.1, -0.05) is 23.5 Å². The van der Waals surface area contributed by atoms with Crippen LogP contribution in [0.5, 0.6) is 11.5 Å². The van der Waals surface area contributed by atoms with Gasteiger partial charge in [0.05, 0.1) is 0 Å². The van der Waals surface area contributed by atoms with Crippen molar-refractivity contribution in [1.29, 1.82) is 0 Å². The maximum absolute atomic E-state index is 6.01. The maximum atomic E-state index is 6.01. The molecular weight excluding hydrogens is 326 g/mol. The summed E-state index contributed by atoms with van der Waals surface area (Å²) in [6.07, 6.45) is 3.19. The molecule has 5 rings (SSSR count). The summed E-state index contributed by atoms with van der Waals surface area (Å²) >= 11 is 1.45. The normalized spacial score (nSPS) is 16.4. The van der Waals surface area contributed by atoms with Crippen molar-refractivity contribution in [3.05, 3.63) is 53.8 Å². The molecule has 3 aromatic heterocycles. The third-order valence-electron chi connectivity index (χ3n) is 3.73. The van der Waals surface area contributed by atoms with Gasteiger partial charge in [-0.2, -0.15) is 9.61 Å². The number of aromatic nitrogens is 5. The molecule has 0 bridgehead atoms. The lowest BCUT2D eigenvalue weighted by Crippen LogP contribution is -2.21. The van der Waals surface area contributed by atoms with E-state index in [1.54, 1.807) is 16.9 Å². The molecule has 0 fully saturated rings. The van der Waals surface area contributed by atoms with E-state index in [-0.39, 0.29) is 6.10 Å². The van der Waals surface area contributed by atoms with Gasteiger partial charge in [-0.05, 0) is 24.3 Å². The number of pyridine rings is 1. The van der Waals surface area contributed by atoms with Crippen LogP contribution in [0.15, 0.2) is 48.8 Å². The van der Waals surface area contributed by atoms with Gasteiger partial charge in [0.2, 0.25) is 4.96 Å². The molecule has 1 atom stereocenters. The third kappa shape index (κ3) is 2.11. The van der Waals surface area contributed by atoms with Gasteiger partial charge in [0.15, 0.2) is 28.4 Å². The Morgan fingerprint density at radius 3 is 2.75 bits per heavy atom. The lowest BCUT2D eigenvalue weighted by atomic mass is 10.2. The van der Waals surface area contributed by atoms with Crippen LogP contribution in [-0.4, -0.2) is 31.4 Å². The summed E-state index contributed by atoms with van der Waals surface area (Å²) in [7, 11) is 0. The molecule has 0 saturated heterocycles. The molecule has 0 saturated carbocycles. The first-order valence-corrected chi connectivity index (χ1v) is 8.21. The van der Waals surface area contributed by atoms with Crippen LogP contribution in [0.2, 0.25) is 0 Å². The van der Waals surface area contributed by atoms with Crippen LogP contribution in [0, 0.1) is 0 Å². The highest BCUT2D eigenvalue weighted by Crippen LogP contribution is 2.37. The number of ether oxygens (including phenoxy) is 2. The average molecular weight is 337 g/mol. The Morgan fingerprint density at radius 2 is 1.88 bits per heavy atom. The summed E-state index contributed by atoms with van der Waals surface area (Å²) in [4.78, 5) is 4.75. The third-order valence-corrected chi connectivity index (χ3v) is 4.72. The highest BCUT2D eigenvalue weighted by atomic mass is 32.1. The molecule has 1 aliphatic rings. The molecule has 0 unspecified atom stereocenters. The number of benzene rings is 1. The van der Waals surface area contributed by atoms with Crippen LogP contribution >= 0.6 is 11.3 Å². The summed E-state index contributed by atoms with van der Waals surface area (Å²) in [5.41, 5.74) is 0.917. The molecule has 0 radical (unpaired) electrons. The fourth-order valence-corrected chi connectivity index (χ4v) is 3.44. The van der Waals surface area contributed by atoms with Crippen LogP contribution < -0.4 is 9.47 Å². The second kappa shape index (κ2) is 5.27. The van der Waals surface area contributed by atoms with Crippen LogP contribution in [0.25, 0.3) is 16.3 Å². The van der Waals surface area contributed by atoms with Gasteiger partial charge in [0.1, 0.15) is 6.61 Å². The zero-order valence-electron chi connectivity index (χ0n) is 12.4. The Labute approximate surface area is 140 Å². The topological polar surface area (TPSA) is 74.4 Å². The number of hydrogen-bond donors (Lipinski definition) is 0. The van der Waals surface area contributed by atoms with E-state index in [1.165, 1.54) is 11.3 Å². The molecule has 0 spiro atoms. The maximum Gasteiger partial charge on any atom is 0.235 e. The van der Waals surface area contributed by atoms with Gasteiger partial charge in [-0.3, -0.25) is 4.98 Å². The van der Waals surface area contributed by atoms with Gasteiger partial charge in [0, 0.05) is 18.0 Å². The van der Waals surface area contributed by atoms with Crippen molar-refractivity contribution >= 4 is 16.3 Å². The van der Waals surface area contributed by atoms with E-state index >= 15 is 0 Å². The molecule has 7 nitrogen and oxygen atoms in total. The Morgan fingerprint density at radius 1 is 1.04 bits per heavy atom. The molecule has 8 heteroatoms. The molecule has 0 N–H and O–H groups in total. The van der Waals surface area contributed by atoms with Crippen LogP contribution in [0.1, 0.15) is 11.1 Å². The molecule has 1 aliphatic heterocycles. The fourth-order valence-electron chi connectivity index (χ4n) is 2.58. The first-order chi connectivity index (χ1) is 11.9. The Balaban J connectivity index is 1.52. The van der Waals surface area contributed by atoms with Crippen molar-refractivity contribution in [3.63, 3.8) is 0 Å². The minimum absolute atomic E-state index is 0.253. The average Bonchev–Trinajstić information content (AvgIpc) is 3.23. The van der Waals surface area contributed by atoms with E-state index in [1.807, 2.05) is 36.4 Å². The number of hydrogen-bond acceptors (Lipinski definition) is 7. The van der Waals surface area contributed by atoms with E-state index in [9.17, 15) is 0 Å².